The Balaban J connectivity index is 1.53. The van der Waals surface area contributed by atoms with Gasteiger partial charge < -0.3 is 0 Å². The summed E-state index contributed by atoms with van der Waals surface area (Å²) < 4.78 is 0. The fourth-order valence-electron chi connectivity index (χ4n) is 4.27. The summed E-state index contributed by atoms with van der Waals surface area (Å²) in [5, 5.41) is 0.832. The van der Waals surface area contributed by atoms with Crippen LogP contribution in [0.3, 0.4) is 0 Å². The van der Waals surface area contributed by atoms with E-state index < -0.39 is 0 Å². The van der Waals surface area contributed by atoms with Crippen LogP contribution in [0.2, 0.25) is 5.02 Å². The zero-order chi connectivity index (χ0) is 17.5. The number of unbranched alkanes of at least 4 members (excludes halogenated alkanes) is 3. The van der Waals surface area contributed by atoms with Gasteiger partial charge in [0.05, 0.1) is 0 Å². The van der Waals surface area contributed by atoms with Gasteiger partial charge in [0.25, 0.3) is 0 Å². The van der Waals surface area contributed by atoms with Crippen molar-refractivity contribution in [2.75, 3.05) is 0 Å². The van der Waals surface area contributed by atoms with Gasteiger partial charge in [-0.15, -0.1) is 0 Å². The van der Waals surface area contributed by atoms with Crippen LogP contribution >= 0.6 is 11.6 Å². The highest BCUT2D eigenvalue weighted by atomic mass is 35.5. The molecule has 0 nitrogen and oxygen atoms in total. The van der Waals surface area contributed by atoms with Gasteiger partial charge in [0.15, 0.2) is 0 Å². The summed E-state index contributed by atoms with van der Waals surface area (Å²) in [6.07, 6.45) is 12.7. The maximum Gasteiger partial charge on any atom is 0.0484 e. The topological polar surface area (TPSA) is 0 Å². The summed E-state index contributed by atoms with van der Waals surface area (Å²) in [7, 11) is 0. The number of halogens is 1. The van der Waals surface area contributed by atoms with Crippen LogP contribution in [0.15, 0.2) is 48.5 Å². The Hall–Kier alpha value is -1.27. The van der Waals surface area contributed by atoms with Crippen molar-refractivity contribution in [3.8, 4) is 11.1 Å². The lowest BCUT2D eigenvalue weighted by Gasteiger charge is -2.29. The van der Waals surface area contributed by atoms with Crippen LogP contribution < -0.4 is 0 Å². The molecule has 1 aliphatic carbocycles. The Morgan fingerprint density at radius 1 is 0.840 bits per heavy atom. The van der Waals surface area contributed by atoms with Crippen LogP contribution in [-0.4, -0.2) is 0 Å². The van der Waals surface area contributed by atoms with Gasteiger partial charge in [0.2, 0.25) is 0 Å². The van der Waals surface area contributed by atoms with Gasteiger partial charge in [0, 0.05) is 10.6 Å². The van der Waals surface area contributed by atoms with Crippen LogP contribution in [0.1, 0.15) is 76.2 Å². The van der Waals surface area contributed by atoms with E-state index in [2.05, 4.69) is 43.3 Å². The van der Waals surface area contributed by atoms with Crippen molar-refractivity contribution >= 4 is 11.6 Å². The SMILES string of the molecule is CCCCCCC1CCC(c2ccc(-c3ccccc3Cl)cc2)CC1. The van der Waals surface area contributed by atoms with Gasteiger partial charge in [-0.05, 0) is 54.7 Å². The number of hydrogen-bond donors (Lipinski definition) is 0. The molecule has 0 spiro atoms. The molecule has 1 heteroatoms. The van der Waals surface area contributed by atoms with Gasteiger partial charge in [-0.2, -0.15) is 0 Å². The molecule has 1 fully saturated rings. The van der Waals surface area contributed by atoms with E-state index in [-0.39, 0.29) is 0 Å². The fourth-order valence-corrected chi connectivity index (χ4v) is 4.52. The van der Waals surface area contributed by atoms with Crippen molar-refractivity contribution in [1.29, 1.82) is 0 Å². The van der Waals surface area contributed by atoms with Gasteiger partial charge in [-0.3, -0.25) is 0 Å². The van der Waals surface area contributed by atoms with Crippen LogP contribution in [-0.2, 0) is 0 Å². The molecule has 0 N–H and O–H groups in total. The van der Waals surface area contributed by atoms with Gasteiger partial charge in [-0.1, -0.05) is 93.1 Å². The Labute approximate surface area is 158 Å². The molecule has 0 aliphatic heterocycles. The quantitative estimate of drug-likeness (QED) is 0.439. The zero-order valence-electron chi connectivity index (χ0n) is 15.5. The summed E-state index contributed by atoms with van der Waals surface area (Å²) in [5.74, 6) is 1.74. The van der Waals surface area contributed by atoms with Gasteiger partial charge >= 0.3 is 0 Å². The van der Waals surface area contributed by atoms with Crippen molar-refractivity contribution in [3.05, 3.63) is 59.1 Å². The highest BCUT2D eigenvalue weighted by Crippen LogP contribution is 2.38. The Morgan fingerprint density at radius 2 is 1.56 bits per heavy atom. The van der Waals surface area contributed by atoms with Crippen LogP contribution in [0, 0.1) is 5.92 Å². The molecule has 0 atom stereocenters. The van der Waals surface area contributed by atoms with Crippen LogP contribution in [0.4, 0.5) is 0 Å². The first-order chi connectivity index (χ1) is 12.3. The molecule has 2 aromatic carbocycles. The normalized spacial score (nSPS) is 20.6. The lowest BCUT2D eigenvalue weighted by atomic mass is 9.77. The van der Waals surface area contributed by atoms with E-state index in [1.54, 1.807) is 0 Å². The highest BCUT2D eigenvalue weighted by molar-refractivity contribution is 6.33. The molecule has 3 rings (SSSR count). The van der Waals surface area contributed by atoms with Crippen LogP contribution in [0.25, 0.3) is 11.1 Å². The molecule has 1 saturated carbocycles. The Kier molecular flexibility index (Phi) is 6.99. The predicted octanol–water partition coefficient (Wildman–Crippen LogP) is 8.25. The lowest BCUT2D eigenvalue weighted by molar-refractivity contribution is 0.302. The minimum absolute atomic E-state index is 0.757. The van der Waals surface area contributed by atoms with E-state index >= 15 is 0 Å². The maximum absolute atomic E-state index is 6.32. The summed E-state index contributed by atoms with van der Waals surface area (Å²) >= 11 is 6.32. The third-order valence-electron chi connectivity index (χ3n) is 5.88. The predicted molar refractivity (Wildman–Crippen MR) is 110 cm³/mol. The average Bonchev–Trinajstić information content (AvgIpc) is 2.66. The molecule has 134 valence electrons. The first kappa shape index (κ1) is 18.5. The Morgan fingerprint density at radius 3 is 2.24 bits per heavy atom. The van der Waals surface area contributed by atoms with E-state index in [9.17, 15) is 0 Å². The summed E-state index contributed by atoms with van der Waals surface area (Å²) in [6, 6.07) is 17.2. The molecule has 0 aromatic heterocycles. The highest BCUT2D eigenvalue weighted by Gasteiger charge is 2.22. The standard InChI is InChI=1S/C24H31Cl/c1-2-3-4-5-8-19-11-13-20(14-12-19)21-15-17-22(18-16-21)23-9-6-7-10-24(23)25/h6-7,9-10,15-20H,2-5,8,11-14H2,1H3. The Bertz CT molecular complexity index is 635. The monoisotopic (exact) mass is 354 g/mol. The third kappa shape index (κ3) is 5.11. The second-order valence-electron chi connectivity index (χ2n) is 7.67. The van der Waals surface area contributed by atoms with Gasteiger partial charge in [-0.25, -0.2) is 0 Å². The molecule has 1 aliphatic rings. The molecule has 2 aromatic rings. The fraction of sp³-hybridized carbons (Fsp3) is 0.500. The minimum atomic E-state index is 0.757. The van der Waals surface area contributed by atoms with Crippen molar-refractivity contribution < 1.29 is 0 Å². The molecule has 0 saturated heterocycles. The first-order valence-corrected chi connectivity index (χ1v) is 10.5. The average molecular weight is 355 g/mol. The van der Waals surface area contributed by atoms with Crippen molar-refractivity contribution in [2.24, 2.45) is 5.92 Å². The molecule has 0 heterocycles. The molecule has 0 unspecified atom stereocenters. The number of benzene rings is 2. The van der Waals surface area contributed by atoms with E-state index in [4.69, 9.17) is 11.6 Å². The second-order valence-corrected chi connectivity index (χ2v) is 8.08. The molecular formula is C24H31Cl. The van der Waals surface area contributed by atoms with E-state index in [1.165, 1.54) is 68.9 Å². The summed E-state index contributed by atoms with van der Waals surface area (Å²) in [4.78, 5) is 0. The first-order valence-electron chi connectivity index (χ1n) is 10.1. The minimum Gasteiger partial charge on any atom is -0.0837 e. The second kappa shape index (κ2) is 9.43. The number of rotatable bonds is 7. The van der Waals surface area contributed by atoms with E-state index in [0.29, 0.717) is 0 Å². The molecule has 0 bridgehead atoms. The van der Waals surface area contributed by atoms with Gasteiger partial charge in [0.1, 0.15) is 0 Å². The smallest absolute Gasteiger partial charge is 0.0484 e. The van der Waals surface area contributed by atoms with Crippen molar-refractivity contribution in [1.82, 2.24) is 0 Å². The molecule has 0 amide bonds. The third-order valence-corrected chi connectivity index (χ3v) is 6.21. The largest absolute Gasteiger partial charge is 0.0837 e. The van der Waals surface area contributed by atoms with Crippen LogP contribution in [0.5, 0.6) is 0 Å². The lowest BCUT2D eigenvalue weighted by Crippen LogP contribution is -2.13. The zero-order valence-corrected chi connectivity index (χ0v) is 16.3. The molecular weight excluding hydrogens is 324 g/mol. The maximum atomic E-state index is 6.32. The summed E-state index contributed by atoms with van der Waals surface area (Å²) in [6.45, 7) is 2.29. The number of hydrogen-bond acceptors (Lipinski definition) is 0. The summed E-state index contributed by atoms with van der Waals surface area (Å²) in [5.41, 5.74) is 3.87. The van der Waals surface area contributed by atoms with Crippen molar-refractivity contribution in [3.63, 3.8) is 0 Å². The van der Waals surface area contributed by atoms with E-state index in [0.717, 1.165) is 22.4 Å². The molecule has 25 heavy (non-hydrogen) atoms. The molecule has 0 radical (unpaired) electrons. The van der Waals surface area contributed by atoms with Crippen molar-refractivity contribution in [2.45, 2.75) is 70.6 Å². The van der Waals surface area contributed by atoms with E-state index in [1.807, 2.05) is 12.1 Å².